The fourth-order valence-corrected chi connectivity index (χ4v) is 4.34. The minimum Gasteiger partial charge on any atom is -0.480 e. The molecular formula is C27H24F3N3O4. The number of benzene rings is 3. The highest BCUT2D eigenvalue weighted by molar-refractivity contribution is 6.01. The molecule has 3 amide bonds. The van der Waals surface area contributed by atoms with Gasteiger partial charge in [0.15, 0.2) is 0 Å². The molecule has 4 rings (SSSR count). The molecule has 3 aromatic carbocycles. The van der Waals surface area contributed by atoms with Crippen LogP contribution in [-0.4, -0.2) is 34.0 Å². The molecule has 7 nitrogen and oxygen atoms in total. The van der Waals surface area contributed by atoms with Crippen LogP contribution >= 0.6 is 0 Å². The predicted octanol–water partition coefficient (Wildman–Crippen LogP) is 6.08. The van der Waals surface area contributed by atoms with E-state index in [1.54, 1.807) is 50.2 Å². The van der Waals surface area contributed by atoms with E-state index in [1.165, 1.54) is 17.0 Å². The van der Waals surface area contributed by atoms with Crippen molar-refractivity contribution in [3.8, 4) is 11.1 Å². The van der Waals surface area contributed by atoms with Gasteiger partial charge in [-0.3, -0.25) is 4.79 Å². The number of carboxylic acid groups (broad SMARTS) is 1. The second-order valence-corrected chi connectivity index (χ2v) is 9.07. The molecule has 1 aliphatic heterocycles. The zero-order valence-electron chi connectivity index (χ0n) is 20.0. The van der Waals surface area contributed by atoms with Gasteiger partial charge in [-0.15, -0.1) is 0 Å². The van der Waals surface area contributed by atoms with Crippen LogP contribution in [0.4, 0.5) is 29.3 Å². The van der Waals surface area contributed by atoms with Crippen LogP contribution in [0.1, 0.15) is 35.3 Å². The van der Waals surface area contributed by atoms with Crippen LogP contribution in [0.25, 0.3) is 11.1 Å². The van der Waals surface area contributed by atoms with E-state index in [1.807, 2.05) is 6.07 Å². The van der Waals surface area contributed by atoms with Gasteiger partial charge in [0.25, 0.3) is 5.91 Å². The lowest BCUT2D eigenvalue weighted by Gasteiger charge is -2.27. The summed E-state index contributed by atoms with van der Waals surface area (Å²) >= 11 is 0. The number of alkyl halides is 3. The normalized spacial score (nSPS) is 13.9. The van der Waals surface area contributed by atoms with E-state index in [2.05, 4.69) is 10.6 Å². The molecule has 0 bridgehead atoms. The van der Waals surface area contributed by atoms with Crippen molar-refractivity contribution >= 4 is 29.3 Å². The van der Waals surface area contributed by atoms with E-state index in [0.717, 1.165) is 28.8 Å². The van der Waals surface area contributed by atoms with Crippen molar-refractivity contribution in [1.82, 2.24) is 4.90 Å². The highest BCUT2D eigenvalue weighted by atomic mass is 19.4. The van der Waals surface area contributed by atoms with Crippen molar-refractivity contribution in [3.63, 3.8) is 0 Å². The second-order valence-electron chi connectivity index (χ2n) is 9.07. The Balaban J connectivity index is 1.44. The fraction of sp³-hybridized carbons (Fsp3) is 0.222. The first kappa shape index (κ1) is 25.7. The monoisotopic (exact) mass is 511 g/mol. The van der Waals surface area contributed by atoms with Gasteiger partial charge in [0.05, 0.1) is 5.56 Å². The molecule has 0 aliphatic carbocycles. The number of hydrogen-bond donors (Lipinski definition) is 3. The van der Waals surface area contributed by atoms with Crippen molar-refractivity contribution in [2.24, 2.45) is 5.92 Å². The van der Waals surface area contributed by atoms with E-state index in [4.69, 9.17) is 0 Å². The summed E-state index contributed by atoms with van der Waals surface area (Å²) in [5.41, 5.74) is 2.39. The van der Waals surface area contributed by atoms with Crippen LogP contribution in [0.3, 0.4) is 0 Å². The van der Waals surface area contributed by atoms with Crippen LogP contribution in [0.2, 0.25) is 0 Å². The number of fused-ring (bicyclic) bond motifs is 1. The Labute approximate surface area is 210 Å². The lowest BCUT2D eigenvalue weighted by atomic mass is 10.0. The molecule has 1 heterocycles. The van der Waals surface area contributed by atoms with Gasteiger partial charge in [-0.05, 0) is 65.1 Å². The summed E-state index contributed by atoms with van der Waals surface area (Å²) in [6.07, 6.45) is -4.51. The average molecular weight is 512 g/mol. The molecule has 0 radical (unpaired) electrons. The van der Waals surface area contributed by atoms with E-state index >= 15 is 0 Å². The number of carboxylic acids is 1. The second kappa shape index (κ2) is 9.96. The summed E-state index contributed by atoms with van der Waals surface area (Å²) < 4.78 is 38.6. The molecule has 0 spiro atoms. The number of amides is 3. The first-order valence-electron chi connectivity index (χ1n) is 11.5. The number of anilines is 2. The molecule has 1 unspecified atom stereocenters. The first-order chi connectivity index (χ1) is 17.4. The molecule has 1 atom stereocenters. The van der Waals surface area contributed by atoms with E-state index < -0.39 is 29.8 Å². The number of nitrogens with one attached hydrogen (secondary N) is 2. The zero-order chi connectivity index (χ0) is 26.9. The van der Waals surface area contributed by atoms with Crippen molar-refractivity contribution in [3.05, 3.63) is 83.4 Å². The summed E-state index contributed by atoms with van der Waals surface area (Å²) in [4.78, 5) is 38.1. The Bertz CT molecular complexity index is 1350. The van der Waals surface area contributed by atoms with Gasteiger partial charge in [0.2, 0.25) is 0 Å². The Morgan fingerprint density at radius 2 is 1.57 bits per heavy atom. The number of nitrogens with zero attached hydrogens (tertiary/aromatic N) is 1. The number of aliphatic carboxylic acids is 1. The zero-order valence-corrected chi connectivity index (χ0v) is 20.0. The van der Waals surface area contributed by atoms with Crippen LogP contribution in [0.5, 0.6) is 0 Å². The summed E-state index contributed by atoms with van der Waals surface area (Å²) in [7, 11) is 0. The van der Waals surface area contributed by atoms with Gasteiger partial charge in [0.1, 0.15) is 6.04 Å². The van der Waals surface area contributed by atoms with Crippen molar-refractivity contribution in [2.45, 2.75) is 32.6 Å². The third-order valence-corrected chi connectivity index (χ3v) is 6.08. The molecule has 0 saturated carbocycles. The van der Waals surface area contributed by atoms with Crippen LogP contribution in [0.15, 0.2) is 66.7 Å². The van der Waals surface area contributed by atoms with Gasteiger partial charge in [-0.2, -0.15) is 13.2 Å². The maximum absolute atomic E-state index is 12.9. The topological polar surface area (TPSA) is 98.7 Å². The van der Waals surface area contributed by atoms with Crippen LogP contribution in [0, 0.1) is 5.92 Å². The number of urea groups is 1. The Morgan fingerprint density at radius 3 is 2.19 bits per heavy atom. The van der Waals surface area contributed by atoms with Crippen LogP contribution in [-0.2, 0) is 17.5 Å². The average Bonchev–Trinajstić information content (AvgIpc) is 3.14. The molecule has 10 heteroatoms. The number of rotatable bonds is 6. The molecular weight excluding hydrogens is 487 g/mol. The molecule has 37 heavy (non-hydrogen) atoms. The molecule has 0 aromatic heterocycles. The number of carbonyl (C=O) groups is 3. The van der Waals surface area contributed by atoms with Gasteiger partial charge >= 0.3 is 18.2 Å². The standard InChI is InChI=1S/C27H24F3N3O4/c1-15(2)23(25(35)36)33-14-18-12-17(8-11-22(18)24(33)34)16-6-9-20(10-7-16)31-26(37)32-21-5-3-4-19(13-21)27(28,29)30/h3-13,15,23H,14H2,1-2H3,(H,35,36)(H2,31,32,37). The van der Waals surface area contributed by atoms with Crippen LogP contribution < -0.4 is 10.6 Å². The summed E-state index contributed by atoms with van der Waals surface area (Å²) in [6.45, 7) is 3.72. The van der Waals surface area contributed by atoms with Crippen molar-refractivity contribution < 1.29 is 32.7 Å². The minimum absolute atomic E-state index is 0.00767. The largest absolute Gasteiger partial charge is 0.480 e. The maximum atomic E-state index is 12.9. The number of halogens is 3. The molecule has 3 N–H and O–H groups in total. The lowest BCUT2D eigenvalue weighted by Crippen LogP contribution is -2.44. The Kier molecular flexibility index (Phi) is 6.93. The molecule has 192 valence electrons. The van der Waals surface area contributed by atoms with Gasteiger partial charge in [0, 0.05) is 23.5 Å². The van der Waals surface area contributed by atoms with E-state index in [9.17, 15) is 32.7 Å². The highest BCUT2D eigenvalue weighted by Gasteiger charge is 2.38. The summed E-state index contributed by atoms with van der Waals surface area (Å²) in [6, 6.07) is 14.8. The highest BCUT2D eigenvalue weighted by Crippen LogP contribution is 2.32. The smallest absolute Gasteiger partial charge is 0.416 e. The predicted molar refractivity (Wildman–Crippen MR) is 132 cm³/mol. The number of hydrogen-bond acceptors (Lipinski definition) is 3. The SMILES string of the molecule is CC(C)C(C(=O)O)N1Cc2cc(-c3ccc(NC(=O)Nc4cccc(C(F)(F)F)c4)cc3)ccc2C1=O. The van der Waals surface area contributed by atoms with E-state index in [0.29, 0.717) is 11.3 Å². The van der Waals surface area contributed by atoms with E-state index in [-0.39, 0.29) is 24.1 Å². The molecule has 1 aliphatic rings. The van der Waals surface area contributed by atoms with Crippen molar-refractivity contribution in [2.75, 3.05) is 10.6 Å². The quantitative estimate of drug-likeness (QED) is 0.374. The maximum Gasteiger partial charge on any atom is 0.416 e. The molecule has 0 saturated heterocycles. The summed E-state index contributed by atoms with van der Waals surface area (Å²) in [5, 5.41) is 14.5. The summed E-state index contributed by atoms with van der Waals surface area (Å²) in [5.74, 6) is -1.60. The Morgan fingerprint density at radius 1 is 0.919 bits per heavy atom. The molecule has 3 aromatic rings. The minimum atomic E-state index is -4.51. The third kappa shape index (κ3) is 5.58. The van der Waals surface area contributed by atoms with Gasteiger partial charge in [-0.1, -0.05) is 38.1 Å². The lowest BCUT2D eigenvalue weighted by molar-refractivity contribution is -0.144. The van der Waals surface area contributed by atoms with Gasteiger partial charge < -0.3 is 20.6 Å². The fourth-order valence-electron chi connectivity index (χ4n) is 4.34. The first-order valence-corrected chi connectivity index (χ1v) is 11.5. The number of carbonyl (C=O) groups excluding carboxylic acids is 2. The van der Waals surface area contributed by atoms with Gasteiger partial charge in [-0.25, -0.2) is 9.59 Å². The third-order valence-electron chi connectivity index (χ3n) is 6.08. The Hall–Kier alpha value is -4.34. The molecule has 0 fully saturated rings. The van der Waals surface area contributed by atoms with Crippen molar-refractivity contribution in [1.29, 1.82) is 0 Å².